The summed E-state index contributed by atoms with van der Waals surface area (Å²) in [6, 6.07) is 7.98. The van der Waals surface area contributed by atoms with E-state index in [9.17, 15) is 9.59 Å². The Balaban J connectivity index is 2.22. The fraction of sp³-hybridized carbons (Fsp3) is 0.385. The van der Waals surface area contributed by atoms with E-state index in [-0.39, 0.29) is 18.3 Å². The van der Waals surface area contributed by atoms with Crippen molar-refractivity contribution in [3.8, 4) is 0 Å². The largest absolute Gasteiger partial charge is 0.481 e. The lowest BCUT2D eigenvalue weighted by atomic mass is 9.86. The van der Waals surface area contributed by atoms with E-state index in [0.717, 1.165) is 24.7 Å². The molecule has 1 aromatic carbocycles. The predicted octanol–water partition coefficient (Wildman–Crippen LogP) is 2.01. The minimum absolute atomic E-state index is 0.0670. The van der Waals surface area contributed by atoms with E-state index in [1.165, 1.54) is 5.56 Å². The number of aryl methyl sites for hydroxylation is 1. The van der Waals surface area contributed by atoms with E-state index in [0.29, 0.717) is 0 Å². The summed E-state index contributed by atoms with van der Waals surface area (Å²) in [6.07, 6.45) is 2.56. The highest BCUT2D eigenvalue weighted by atomic mass is 16.4. The van der Waals surface area contributed by atoms with Crippen molar-refractivity contribution in [1.29, 1.82) is 0 Å². The second kappa shape index (κ2) is 4.47. The van der Waals surface area contributed by atoms with Crippen molar-refractivity contribution in [1.82, 2.24) is 0 Å². The first-order valence-corrected chi connectivity index (χ1v) is 5.47. The fourth-order valence-electron chi connectivity index (χ4n) is 2.52. The highest BCUT2D eigenvalue weighted by Crippen LogP contribution is 2.38. The van der Waals surface area contributed by atoms with E-state index < -0.39 is 5.97 Å². The van der Waals surface area contributed by atoms with Crippen molar-refractivity contribution in [3.63, 3.8) is 0 Å². The molecule has 1 aromatic rings. The number of carbonyl (C=O) groups excluding carboxylic acids is 1. The number of carboxylic acid groups (broad SMARTS) is 1. The first-order chi connectivity index (χ1) is 7.72. The number of benzene rings is 1. The van der Waals surface area contributed by atoms with Crippen LogP contribution in [0.5, 0.6) is 0 Å². The number of aliphatic carboxylic acids is 1. The Labute approximate surface area is 94.1 Å². The van der Waals surface area contributed by atoms with E-state index in [1.54, 1.807) is 0 Å². The Bertz CT molecular complexity index is 411. The molecule has 0 aliphatic heterocycles. The minimum Gasteiger partial charge on any atom is -0.481 e. The first kappa shape index (κ1) is 10.9. The molecule has 0 heterocycles. The van der Waals surface area contributed by atoms with Crippen molar-refractivity contribution in [2.24, 2.45) is 5.92 Å². The second-order valence-corrected chi connectivity index (χ2v) is 4.24. The average Bonchev–Trinajstić information content (AvgIpc) is 2.69. The quantitative estimate of drug-likeness (QED) is 0.786. The van der Waals surface area contributed by atoms with Gasteiger partial charge in [0, 0.05) is 5.92 Å². The Hall–Kier alpha value is -1.64. The molecule has 0 saturated heterocycles. The Morgan fingerprint density at radius 3 is 2.94 bits per heavy atom. The molecule has 0 radical (unpaired) electrons. The highest BCUT2D eigenvalue weighted by molar-refractivity contribution is 5.72. The van der Waals surface area contributed by atoms with Crippen LogP contribution in [0, 0.1) is 5.92 Å². The molecule has 3 heteroatoms. The summed E-state index contributed by atoms with van der Waals surface area (Å²) in [5.41, 5.74) is 2.41. The van der Waals surface area contributed by atoms with Crippen LogP contribution in [0.4, 0.5) is 0 Å². The smallest absolute Gasteiger partial charge is 0.304 e. The van der Waals surface area contributed by atoms with E-state index >= 15 is 0 Å². The van der Waals surface area contributed by atoms with Crippen molar-refractivity contribution in [2.75, 3.05) is 0 Å². The normalized spacial score (nSPS) is 20.1. The Morgan fingerprint density at radius 1 is 1.50 bits per heavy atom. The van der Waals surface area contributed by atoms with Crippen LogP contribution in [-0.2, 0) is 16.0 Å². The standard InChI is InChI=1S/C13H14O3/c14-8-10(7-13(15)16)12-6-5-9-3-1-2-4-11(9)12/h1-4,8,10,12H,5-7H2,(H,15,16)/t10?,12-/m1/s1. The lowest BCUT2D eigenvalue weighted by Crippen LogP contribution is -2.16. The third kappa shape index (κ3) is 1.98. The third-order valence-electron chi connectivity index (χ3n) is 3.28. The van der Waals surface area contributed by atoms with Crippen molar-refractivity contribution >= 4 is 12.3 Å². The van der Waals surface area contributed by atoms with Gasteiger partial charge < -0.3 is 9.90 Å². The van der Waals surface area contributed by atoms with Gasteiger partial charge in [-0.1, -0.05) is 24.3 Å². The van der Waals surface area contributed by atoms with Gasteiger partial charge in [0.05, 0.1) is 6.42 Å². The SMILES string of the molecule is O=CC(CC(=O)O)[C@H]1CCc2ccccc21. The van der Waals surface area contributed by atoms with Gasteiger partial charge in [0.25, 0.3) is 0 Å². The topological polar surface area (TPSA) is 54.4 Å². The molecule has 0 spiro atoms. The maximum atomic E-state index is 11.0. The highest BCUT2D eigenvalue weighted by Gasteiger charge is 2.30. The number of hydrogen-bond donors (Lipinski definition) is 1. The molecule has 16 heavy (non-hydrogen) atoms. The van der Waals surface area contributed by atoms with Crippen LogP contribution in [0.3, 0.4) is 0 Å². The van der Waals surface area contributed by atoms with E-state index in [4.69, 9.17) is 5.11 Å². The van der Waals surface area contributed by atoms with Gasteiger partial charge >= 0.3 is 5.97 Å². The predicted molar refractivity (Wildman–Crippen MR) is 59.3 cm³/mol. The van der Waals surface area contributed by atoms with Gasteiger partial charge in [0.15, 0.2) is 0 Å². The summed E-state index contributed by atoms with van der Waals surface area (Å²) in [4.78, 5) is 21.7. The maximum absolute atomic E-state index is 11.0. The molecule has 0 fully saturated rings. The van der Waals surface area contributed by atoms with Crippen LogP contribution in [0.25, 0.3) is 0 Å². The van der Waals surface area contributed by atoms with Crippen molar-refractivity contribution < 1.29 is 14.7 Å². The fourth-order valence-corrected chi connectivity index (χ4v) is 2.52. The Kier molecular flexibility index (Phi) is 3.04. The molecule has 0 aromatic heterocycles. The van der Waals surface area contributed by atoms with Crippen LogP contribution < -0.4 is 0 Å². The molecule has 0 amide bonds. The zero-order valence-electron chi connectivity index (χ0n) is 8.93. The number of rotatable bonds is 4. The van der Waals surface area contributed by atoms with E-state index in [1.807, 2.05) is 18.2 Å². The summed E-state index contributed by atoms with van der Waals surface area (Å²) >= 11 is 0. The van der Waals surface area contributed by atoms with Crippen LogP contribution in [0.15, 0.2) is 24.3 Å². The number of hydrogen-bond acceptors (Lipinski definition) is 2. The van der Waals surface area contributed by atoms with Gasteiger partial charge in [-0.3, -0.25) is 4.79 Å². The van der Waals surface area contributed by atoms with Crippen LogP contribution in [0.2, 0.25) is 0 Å². The molecule has 2 atom stereocenters. The third-order valence-corrected chi connectivity index (χ3v) is 3.28. The summed E-state index contributed by atoms with van der Waals surface area (Å²) in [5.74, 6) is -1.20. The molecule has 1 unspecified atom stereocenters. The molecule has 3 nitrogen and oxygen atoms in total. The van der Waals surface area contributed by atoms with Crippen LogP contribution in [-0.4, -0.2) is 17.4 Å². The molecule has 84 valence electrons. The summed E-state index contributed by atoms with van der Waals surface area (Å²) in [7, 11) is 0. The molecule has 2 rings (SSSR count). The van der Waals surface area contributed by atoms with Crippen molar-refractivity contribution in [2.45, 2.75) is 25.2 Å². The summed E-state index contributed by atoms with van der Waals surface area (Å²) in [5, 5.41) is 8.76. The summed E-state index contributed by atoms with van der Waals surface area (Å²) < 4.78 is 0. The zero-order valence-corrected chi connectivity index (χ0v) is 8.93. The second-order valence-electron chi connectivity index (χ2n) is 4.24. The molecule has 1 N–H and O–H groups in total. The van der Waals surface area contributed by atoms with Gasteiger partial charge in [-0.05, 0) is 29.9 Å². The van der Waals surface area contributed by atoms with Crippen molar-refractivity contribution in [3.05, 3.63) is 35.4 Å². The van der Waals surface area contributed by atoms with Gasteiger partial charge in [-0.15, -0.1) is 0 Å². The molecular formula is C13H14O3. The van der Waals surface area contributed by atoms with E-state index in [2.05, 4.69) is 6.07 Å². The molecule has 0 saturated carbocycles. The van der Waals surface area contributed by atoms with Gasteiger partial charge in [-0.25, -0.2) is 0 Å². The number of carbonyl (C=O) groups is 2. The average molecular weight is 218 g/mol. The molecule has 1 aliphatic rings. The number of carboxylic acids is 1. The monoisotopic (exact) mass is 218 g/mol. The van der Waals surface area contributed by atoms with Crippen LogP contribution >= 0.6 is 0 Å². The van der Waals surface area contributed by atoms with Gasteiger partial charge in [0.1, 0.15) is 6.29 Å². The minimum atomic E-state index is -0.901. The van der Waals surface area contributed by atoms with Gasteiger partial charge in [-0.2, -0.15) is 0 Å². The van der Waals surface area contributed by atoms with Gasteiger partial charge in [0.2, 0.25) is 0 Å². The molecule has 1 aliphatic carbocycles. The zero-order chi connectivity index (χ0) is 11.5. The lowest BCUT2D eigenvalue weighted by Gasteiger charge is -2.17. The molecular weight excluding hydrogens is 204 g/mol. The number of fused-ring (bicyclic) bond motifs is 1. The maximum Gasteiger partial charge on any atom is 0.304 e. The Morgan fingerprint density at radius 2 is 2.25 bits per heavy atom. The molecule has 0 bridgehead atoms. The lowest BCUT2D eigenvalue weighted by molar-refractivity contribution is -0.139. The number of aldehydes is 1. The first-order valence-electron chi connectivity index (χ1n) is 5.47. The summed E-state index contributed by atoms with van der Waals surface area (Å²) in [6.45, 7) is 0. The van der Waals surface area contributed by atoms with Crippen LogP contribution in [0.1, 0.15) is 29.9 Å².